The molecule has 0 radical (unpaired) electrons. The Labute approximate surface area is 106 Å². The van der Waals surface area contributed by atoms with Crippen molar-refractivity contribution in [2.24, 2.45) is 0 Å². The van der Waals surface area contributed by atoms with Gasteiger partial charge in [0.25, 0.3) is 0 Å². The number of nitrogens with one attached hydrogen (secondary N) is 1. The van der Waals surface area contributed by atoms with Crippen molar-refractivity contribution in [2.75, 3.05) is 0 Å². The zero-order valence-corrected chi connectivity index (χ0v) is 7.91. The number of hydrogen-bond acceptors (Lipinski definition) is 2. The van der Waals surface area contributed by atoms with Crippen LogP contribution in [0.25, 0.3) is 0 Å². The molecule has 0 saturated heterocycles. The topological polar surface area (TPSA) is 66.4 Å². The molecule has 0 saturated carbocycles. The summed E-state index contributed by atoms with van der Waals surface area (Å²) in [5.41, 5.74) is 0. The molecule has 4 nitrogen and oxygen atoms in total. The number of amides is 1. The Bertz CT molecular complexity index is 202. The quantitative estimate of drug-likeness (QED) is 0.519. The van der Waals surface area contributed by atoms with Crippen LogP contribution in [0, 0.1) is 0 Å². The molecule has 0 aromatic rings. The molecule has 0 aromatic heterocycles. The summed E-state index contributed by atoms with van der Waals surface area (Å²) in [5.74, 6) is -1.09. The molecule has 0 atom stereocenters. The first kappa shape index (κ1) is 19.1. The molecular formula is C9H16NNaO3. The van der Waals surface area contributed by atoms with Crippen LogP contribution in [0.2, 0.25) is 0 Å². The number of rotatable bonds is 3. The number of carbonyl (C=O) groups excluding carboxylic acids is 1. The van der Waals surface area contributed by atoms with Crippen LogP contribution in [-0.4, -0.2) is 52.6 Å². The minimum absolute atomic E-state index is 0. The molecule has 14 heavy (non-hydrogen) atoms. The van der Waals surface area contributed by atoms with E-state index in [0.29, 0.717) is 0 Å². The van der Waals surface area contributed by atoms with E-state index >= 15 is 0 Å². The van der Waals surface area contributed by atoms with Crippen molar-refractivity contribution < 1.29 is 14.7 Å². The fourth-order valence-electron chi connectivity index (χ4n) is 0.343. The Hall–Kier alpha value is -0.580. The van der Waals surface area contributed by atoms with Gasteiger partial charge in [0.1, 0.15) is 0 Å². The molecule has 0 aliphatic carbocycles. The third kappa shape index (κ3) is 22.5. The zero-order chi connectivity index (χ0) is 10.9. The van der Waals surface area contributed by atoms with Gasteiger partial charge in [-0.15, -0.1) is 0 Å². The maximum absolute atomic E-state index is 10.4. The summed E-state index contributed by atoms with van der Waals surface area (Å²) in [5, 5.41) is 10.2. The molecule has 0 aliphatic heterocycles. The summed E-state index contributed by atoms with van der Waals surface area (Å²) < 4.78 is 0. The normalized spacial score (nSPS) is 7.36. The van der Waals surface area contributed by atoms with Gasteiger partial charge >= 0.3 is 35.5 Å². The Morgan fingerprint density at radius 1 is 1.29 bits per heavy atom. The summed E-state index contributed by atoms with van der Waals surface area (Å²) in [6.45, 7) is 10.1. The molecule has 0 heterocycles. The number of carboxylic acid groups (broad SMARTS) is 1. The van der Waals surface area contributed by atoms with Gasteiger partial charge in [0.15, 0.2) is 0 Å². The molecular weight excluding hydrogens is 193 g/mol. The second-order valence-electron chi connectivity index (χ2n) is 2.41. The van der Waals surface area contributed by atoms with Gasteiger partial charge in [-0.2, -0.15) is 0 Å². The summed E-state index contributed by atoms with van der Waals surface area (Å²) in [7, 11) is 0. The molecule has 1 amide bonds. The van der Waals surface area contributed by atoms with Crippen LogP contribution < -0.4 is 5.32 Å². The van der Waals surface area contributed by atoms with Crippen LogP contribution in [-0.2, 0) is 9.59 Å². The predicted octanol–water partition coefficient (Wildman–Crippen LogP) is 0.305. The SMILES string of the molecule is C=CC(=O)NC(C)C.C=CC(=O)O.[NaH]. The second-order valence-corrected chi connectivity index (χ2v) is 2.41. The second kappa shape index (κ2) is 12.4. The first-order valence-electron chi connectivity index (χ1n) is 3.72. The van der Waals surface area contributed by atoms with Crippen LogP contribution in [0.1, 0.15) is 13.8 Å². The van der Waals surface area contributed by atoms with E-state index in [-0.39, 0.29) is 41.5 Å². The molecule has 0 rings (SSSR count). The van der Waals surface area contributed by atoms with E-state index in [2.05, 4.69) is 18.5 Å². The van der Waals surface area contributed by atoms with E-state index in [1.54, 1.807) is 0 Å². The van der Waals surface area contributed by atoms with Crippen molar-refractivity contribution >= 4 is 41.4 Å². The van der Waals surface area contributed by atoms with E-state index in [9.17, 15) is 9.59 Å². The number of carboxylic acids is 1. The molecule has 76 valence electrons. The van der Waals surface area contributed by atoms with Crippen LogP contribution >= 0.6 is 0 Å². The van der Waals surface area contributed by atoms with E-state index < -0.39 is 5.97 Å². The Balaban J connectivity index is -0.000000177. The van der Waals surface area contributed by atoms with Gasteiger partial charge in [0.05, 0.1) is 0 Å². The van der Waals surface area contributed by atoms with Gasteiger partial charge < -0.3 is 10.4 Å². The summed E-state index contributed by atoms with van der Waals surface area (Å²) in [6.07, 6.45) is 2.10. The molecule has 0 aliphatic rings. The summed E-state index contributed by atoms with van der Waals surface area (Å²) >= 11 is 0. The molecule has 0 fully saturated rings. The number of aliphatic carboxylic acids is 1. The van der Waals surface area contributed by atoms with Crippen LogP contribution in [0.15, 0.2) is 25.3 Å². The molecule has 0 unspecified atom stereocenters. The molecule has 5 heteroatoms. The number of hydrogen-bond donors (Lipinski definition) is 2. The molecule has 0 spiro atoms. The first-order valence-corrected chi connectivity index (χ1v) is 3.72. The van der Waals surface area contributed by atoms with Crippen molar-refractivity contribution in [2.45, 2.75) is 19.9 Å². The average molecular weight is 209 g/mol. The van der Waals surface area contributed by atoms with Gasteiger partial charge in [-0.05, 0) is 19.9 Å². The van der Waals surface area contributed by atoms with E-state index in [1.165, 1.54) is 6.08 Å². The van der Waals surface area contributed by atoms with Gasteiger partial charge in [0.2, 0.25) is 5.91 Å². The maximum atomic E-state index is 10.4. The predicted molar refractivity (Wildman–Crippen MR) is 58.5 cm³/mol. The van der Waals surface area contributed by atoms with E-state index in [1.807, 2.05) is 13.8 Å². The fourth-order valence-corrected chi connectivity index (χ4v) is 0.343. The van der Waals surface area contributed by atoms with Gasteiger partial charge in [-0.25, -0.2) is 4.79 Å². The first-order chi connectivity index (χ1) is 5.93. The van der Waals surface area contributed by atoms with Gasteiger partial charge in [0, 0.05) is 12.1 Å². The Morgan fingerprint density at radius 3 is 1.71 bits per heavy atom. The molecule has 0 aromatic carbocycles. The summed E-state index contributed by atoms with van der Waals surface area (Å²) in [6, 6.07) is 0.209. The molecule has 0 bridgehead atoms. The van der Waals surface area contributed by atoms with Crippen LogP contribution in [0.5, 0.6) is 0 Å². The average Bonchev–Trinajstić information content (AvgIpc) is 2.04. The monoisotopic (exact) mass is 209 g/mol. The number of carbonyl (C=O) groups is 2. The third-order valence-corrected chi connectivity index (χ3v) is 0.791. The zero-order valence-electron chi connectivity index (χ0n) is 7.91. The standard InChI is InChI=1S/C6H11NO.C3H4O2.Na.H/c1-4-6(8)7-5(2)3;1-2-3(4)5;;/h4-5H,1H2,2-3H3,(H,7,8);2H,1H2,(H,4,5);;. The van der Waals surface area contributed by atoms with Gasteiger partial charge in [-0.1, -0.05) is 13.2 Å². The van der Waals surface area contributed by atoms with Crippen molar-refractivity contribution in [1.29, 1.82) is 0 Å². The van der Waals surface area contributed by atoms with Crippen molar-refractivity contribution in [3.63, 3.8) is 0 Å². The van der Waals surface area contributed by atoms with Crippen LogP contribution in [0.3, 0.4) is 0 Å². The third-order valence-electron chi connectivity index (χ3n) is 0.791. The Morgan fingerprint density at radius 2 is 1.64 bits per heavy atom. The van der Waals surface area contributed by atoms with Crippen molar-refractivity contribution in [3.05, 3.63) is 25.3 Å². The van der Waals surface area contributed by atoms with Gasteiger partial charge in [-0.3, -0.25) is 4.79 Å². The fraction of sp³-hybridized carbons (Fsp3) is 0.333. The van der Waals surface area contributed by atoms with Crippen LogP contribution in [0.4, 0.5) is 0 Å². The summed E-state index contributed by atoms with van der Waals surface area (Å²) in [4.78, 5) is 19.6. The van der Waals surface area contributed by atoms with E-state index in [0.717, 1.165) is 6.08 Å². The van der Waals surface area contributed by atoms with Crippen molar-refractivity contribution in [1.82, 2.24) is 5.32 Å². The van der Waals surface area contributed by atoms with Crippen molar-refractivity contribution in [3.8, 4) is 0 Å². The minimum atomic E-state index is -0.981. The Kier molecular flexibility index (Phi) is 16.9. The van der Waals surface area contributed by atoms with E-state index in [4.69, 9.17) is 5.11 Å². The molecule has 2 N–H and O–H groups in total.